The Morgan fingerprint density at radius 3 is 2.50 bits per heavy atom. The Balaban J connectivity index is 2.65. The number of benzene rings is 1. The fourth-order valence-corrected chi connectivity index (χ4v) is 2.74. The number of carbonyl (C=O) groups is 1. The number of rotatable bonds is 3. The van der Waals surface area contributed by atoms with Crippen molar-refractivity contribution in [1.29, 1.82) is 0 Å². The third-order valence-corrected chi connectivity index (χ3v) is 4.18. The molecule has 1 saturated carbocycles. The van der Waals surface area contributed by atoms with E-state index in [2.05, 4.69) is 15.9 Å². The molecule has 2 rings (SSSR count). The van der Waals surface area contributed by atoms with Gasteiger partial charge in [-0.3, -0.25) is 4.79 Å². The fourth-order valence-electron chi connectivity index (χ4n) is 2.26. The molecule has 1 aliphatic carbocycles. The van der Waals surface area contributed by atoms with E-state index in [4.69, 9.17) is 4.74 Å². The Hall–Kier alpha value is -1.17. The fraction of sp³-hybridized carbons (Fsp3) is 0.417. The second-order valence-corrected chi connectivity index (χ2v) is 5.10. The maximum Gasteiger partial charge on any atom is 0.314 e. The van der Waals surface area contributed by atoms with E-state index in [9.17, 15) is 18.7 Å². The van der Waals surface area contributed by atoms with Crippen molar-refractivity contribution in [3.63, 3.8) is 0 Å². The number of ether oxygens (including phenoxy) is 1. The Morgan fingerprint density at radius 2 is 2.11 bits per heavy atom. The van der Waals surface area contributed by atoms with Crippen molar-refractivity contribution in [3.8, 4) is 5.75 Å². The summed E-state index contributed by atoms with van der Waals surface area (Å²) < 4.78 is 32.9. The highest BCUT2D eigenvalue weighted by Crippen LogP contribution is 2.48. The molecule has 1 aromatic rings. The molecule has 1 N–H and O–H groups in total. The second kappa shape index (κ2) is 4.50. The quantitative estimate of drug-likeness (QED) is 0.870. The Morgan fingerprint density at radius 1 is 1.50 bits per heavy atom. The maximum atomic E-state index is 14.2. The van der Waals surface area contributed by atoms with Crippen molar-refractivity contribution in [2.75, 3.05) is 7.11 Å². The summed E-state index contributed by atoms with van der Waals surface area (Å²) in [6.45, 7) is 0. The van der Waals surface area contributed by atoms with E-state index in [0.717, 1.165) is 6.07 Å². The Labute approximate surface area is 111 Å². The normalized spacial score (nSPS) is 17.1. The highest BCUT2D eigenvalue weighted by Gasteiger charge is 2.50. The molecule has 1 aliphatic rings. The Kier molecular flexibility index (Phi) is 3.31. The molecule has 0 bridgehead atoms. The molecular formula is C12H11BrF2O3. The largest absolute Gasteiger partial charge is 0.495 e. The number of hydrogen-bond donors (Lipinski definition) is 1. The molecule has 18 heavy (non-hydrogen) atoms. The topological polar surface area (TPSA) is 46.5 Å². The third-order valence-electron chi connectivity index (χ3n) is 3.44. The van der Waals surface area contributed by atoms with Crippen molar-refractivity contribution in [1.82, 2.24) is 0 Å². The van der Waals surface area contributed by atoms with Crippen LogP contribution in [0.5, 0.6) is 5.75 Å². The standard InChI is InChI=1S/C12H11BrF2O3/c1-18-7-5-6(14)8(10(15)9(7)13)12(11(16)17)3-2-4-12/h5H,2-4H2,1H3,(H,16,17). The zero-order valence-electron chi connectivity index (χ0n) is 9.60. The van der Waals surface area contributed by atoms with Crippen LogP contribution >= 0.6 is 15.9 Å². The monoisotopic (exact) mass is 320 g/mol. The minimum atomic E-state index is -1.44. The van der Waals surface area contributed by atoms with Gasteiger partial charge in [-0.25, -0.2) is 8.78 Å². The molecule has 0 amide bonds. The van der Waals surface area contributed by atoms with Gasteiger partial charge >= 0.3 is 5.97 Å². The van der Waals surface area contributed by atoms with Gasteiger partial charge in [-0.1, -0.05) is 6.42 Å². The molecular weight excluding hydrogens is 310 g/mol. The predicted octanol–water partition coefficient (Wildman–Crippen LogP) is 3.24. The van der Waals surface area contributed by atoms with Gasteiger partial charge in [0.15, 0.2) is 0 Å². The summed E-state index contributed by atoms with van der Waals surface area (Å²) >= 11 is 2.96. The van der Waals surface area contributed by atoms with Crippen LogP contribution in [0.1, 0.15) is 24.8 Å². The third kappa shape index (κ3) is 1.70. The number of hydrogen-bond acceptors (Lipinski definition) is 2. The van der Waals surface area contributed by atoms with Crippen molar-refractivity contribution in [2.24, 2.45) is 0 Å². The molecule has 1 fully saturated rings. The maximum absolute atomic E-state index is 14.2. The van der Waals surface area contributed by atoms with E-state index in [1.807, 2.05) is 0 Å². The molecule has 0 spiro atoms. The molecule has 0 saturated heterocycles. The Bertz CT molecular complexity index is 513. The SMILES string of the molecule is COc1cc(F)c(C2(C(=O)O)CCC2)c(F)c1Br. The molecule has 0 unspecified atom stereocenters. The highest BCUT2D eigenvalue weighted by atomic mass is 79.9. The van der Waals surface area contributed by atoms with Crippen molar-refractivity contribution in [3.05, 3.63) is 27.7 Å². The van der Waals surface area contributed by atoms with Gasteiger partial charge < -0.3 is 9.84 Å². The first kappa shape index (κ1) is 13.3. The summed E-state index contributed by atoms with van der Waals surface area (Å²) in [5.41, 5.74) is -1.82. The molecule has 6 heteroatoms. The van der Waals surface area contributed by atoms with Crippen LogP contribution in [0.4, 0.5) is 8.78 Å². The van der Waals surface area contributed by atoms with Crippen molar-refractivity contribution < 1.29 is 23.4 Å². The average Bonchev–Trinajstić information content (AvgIpc) is 2.26. The molecule has 0 atom stereocenters. The van der Waals surface area contributed by atoms with E-state index in [0.29, 0.717) is 6.42 Å². The first-order chi connectivity index (χ1) is 8.44. The van der Waals surface area contributed by atoms with Gasteiger partial charge in [-0.05, 0) is 28.8 Å². The van der Waals surface area contributed by atoms with Gasteiger partial charge in [0, 0.05) is 11.6 Å². The van der Waals surface area contributed by atoms with Crippen LogP contribution < -0.4 is 4.74 Å². The average molecular weight is 321 g/mol. The minimum Gasteiger partial charge on any atom is -0.495 e. The molecule has 98 valence electrons. The van der Waals surface area contributed by atoms with E-state index in [1.165, 1.54) is 7.11 Å². The number of carboxylic acid groups (broad SMARTS) is 1. The van der Waals surface area contributed by atoms with E-state index >= 15 is 0 Å². The van der Waals surface area contributed by atoms with E-state index in [1.54, 1.807) is 0 Å². The van der Waals surface area contributed by atoms with Crippen LogP contribution in [0.3, 0.4) is 0 Å². The van der Waals surface area contributed by atoms with E-state index in [-0.39, 0.29) is 28.6 Å². The van der Waals surface area contributed by atoms with Crippen LogP contribution in [0, 0.1) is 11.6 Å². The number of aliphatic carboxylic acids is 1. The van der Waals surface area contributed by atoms with Crippen molar-refractivity contribution >= 4 is 21.9 Å². The molecule has 0 heterocycles. The van der Waals surface area contributed by atoms with Crippen LogP contribution in [0.2, 0.25) is 0 Å². The van der Waals surface area contributed by atoms with Gasteiger partial charge in [0.2, 0.25) is 0 Å². The van der Waals surface area contributed by atoms with Gasteiger partial charge in [0.1, 0.15) is 17.4 Å². The van der Waals surface area contributed by atoms with Crippen LogP contribution in [0.15, 0.2) is 10.5 Å². The highest BCUT2D eigenvalue weighted by molar-refractivity contribution is 9.10. The van der Waals surface area contributed by atoms with Crippen molar-refractivity contribution in [2.45, 2.75) is 24.7 Å². The number of carboxylic acids is 1. The first-order valence-corrected chi connectivity index (χ1v) is 6.18. The lowest BCUT2D eigenvalue weighted by Gasteiger charge is -2.38. The number of halogens is 3. The van der Waals surface area contributed by atoms with Crippen LogP contribution in [-0.4, -0.2) is 18.2 Å². The molecule has 0 radical (unpaired) electrons. The summed E-state index contributed by atoms with van der Waals surface area (Å²) in [5.74, 6) is -2.96. The van der Waals surface area contributed by atoms with Crippen LogP contribution in [-0.2, 0) is 10.2 Å². The molecule has 3 nitrogen and oxygen atoms in total. The van der Waals surface area contributed by atoms with Gasteiger partial charge in [0.25, 0.3) is 0 Å². The lowest BCUT2D eigenvalue weighted by Crippen LogP contribution is -2.44. The van der Waals surface area contributed by atoms with Crippen LogP contribution in [0.25, 0.3) is 0 Å². The molecule has 0 aliphatic heterocycles. The van der Waals surface area contributed by atoms with Gasteiger partial charge in [0.05, 0.1) is 17.0 Å². The zero-order chi connectivity index (χ0) is 13.5. The second-order valence-electron chi connectivity index (χ2n) is 4.30. The zero-order valence-corrected chi connectivity index (χ0v) is 11.2. The summed E-state index contributed by atoms with van der Waals surface area (Å²) in [6, 6.07) is 1.01. The minimum absolute atomic E-state index is 0.00797. The van der Waals surface area contributed by atoms with E-state index < -0.39 is 23.0 Å². The lowest BCUT2D eigenvalue weighted by atomic mass is 9.64. The molecule has 1 aromatic carbocycles. The summed E-state index contributed by atoms with van der Waals surface area (Å²) in [4.78, 5) is 11.3. The smallest absolute Gasteiger partial charge is 0.314 e. The summed E-state index contributed by atoms with van der Waals surface area (Å²) in [7, 11) is 1.29. The molecule has 0 aromatic heterocycles. The predicted molar refractivity (Wildman–Crippen MR) is 63.8 cm³/mol. The number of methoxy groups -OCH3 is 1. The van der Waals surface area contributed by atoms with Gasteiger partial charge in [-0.15, -0.1) is 0 Å². The lowest BCUT2D eigenvalue weighted by molar-refractivity contribution is -0.147. The first-order valence-electron chi connectivity index (χ1n) is 5.39. The summed E-state index contributed by atoms with van der Waals surface area (Å²) in [6.07, 6.45) is 1.14. The summed E-state index contributed by atoms with van der Waals surface area (Å²) in [5, 5.41) is 9.22. The van der Waals surface area contributed by atoms with Gasteiger partial charge in [-0.2, -0.15) is 0 Å².